The first-order chi connectivity index (χ1) is 43.3. The van der Waals surface area contributed by atoms with Gasteiger partial charge in [-0.15, -0.1) is 0 Å². The third-order valence-corrected chi connectivity index (χ3v) is 17.9. The number of nitrogens with one attached hydrogen (secondary N) is 3. The molecule has 0 saturated heterocycles. The fraction of sp³-hybridized carbons (Fsp3) is 0.290. The summed E-state index contributed by atoms with van der Waals surface area (Å²) in [5, 5.41) is 80.0. The summed E-state index contributed by atoms with van der Waals surface area (Å²) < 4.78 is 30.8. The van der Waals surface area contributed by atoms with Crippen molar-refractivity contribution in [2.24, 2.45) is 11.7 Å². The molecule has 0 spiro atoms. The molecule has 91 heavy (non-hydrogen) atoms. The second kappa shape index (κ2) is 24.2. The van der Waals surface area contributed by atoms with Crippen molar-refractivity contribution in [3.05, 3.63) is 163 Å². The zero-order chi connectivity index (χ0) is 65.3. The number of ether oxygens (including phenoxy) is 5. The number of phenols is 5. The van der Waals surface area contributed by atoms with Gasteiger partial charge in [-0.25, -0.2) is 0 Å². The number of methoxy groups -OCH3 is 1. The van der Waals surface area contributed by atoms with Crippen molar-refractivity contribution in [2.45, 2.75) is 116 Å². The zero-order valence-electron chi connectivity index (χ0n) is 50.8. The van der Waals surface area contributed by atoms with Gasteiger partial charge in [0.25, 0.3) is 6.47 Å². The van der Waals surface area contributed by atoms with E-state index in [1.54, 1.807) is 32.0 Å². The predicted octanol–water partition coefficient (Wildman–Crippen LogP) is 9.05. The summed E-state index contributed by atoms with van der Waals surface area (Å²) in [5.41, 5.74) is 8.73. The lowest BCUT2D eigenvalue weighted by Gasteiger charge is -2.31. The van der Waals surface area contributed by atoms with Crippen LogP contribution in [0.5, 0.6) is 69.0 Å². The van der Waals surface area contributed by atoms with Crippen LogP contribution < -0.4 is 40.6 Å². The van der Waals surface area contributed by atoms with Crippen LogP contribution in [0.1, 0.15) is 133 Å². The van der Waals surface area contributed by atoms with Gasteiger partial charge in [-0.3, -0.25) is 33.6 Å². The Morgan fingerprint density at radius 3 is 1.82 bits per heavy atom. The van der Waals surface area contributed by atoms with Crippen LogP contribution in [0.4, 0.5) is 0 Å². The number of amides is 3. The molecule has 0 unspecified atom stereocenters. The highest BCUT2D eigenvalue weighted by Crippen LogP contribution is 2.52. The van der Waals surface area contributed by atoms with Gasteiger partial charge >= 0.3 is 0 Å². The number of benzene rings is 7. The Morgan fingerprint density at radius 1 is 0.527 bits per heavy atom. The normalized spacial score (nSPS) is 21.6. The lowest BCUT2D eigenvalue weighted by Crippen LogP contribution is -2.47. The number of fused-ring (bicyclic) bond motifs is 14. The van der Waals surface area contributed by atoms with Crippen molar-refractivity contribution < 1.29 is 87.9 Å². The van der Waals surface area contributed by atoms with Crippen molar-refractivity contribution in [3.8, 4) is 80.1 Å². The van der Waals surface area contributed by atoms with Crippen molar-refractivity contribution >= 4 is 41.5 Å². The van der Waals surface area contributed by atoms with E-state index < -0.39 is 108 Å². The van der Waals surface area contributed by atoms with Crippen molar-refractivity contribution in [1.29, 1.82) is 0 Å². The van der Waals surface area contributed by atoms with E-state index in [9.17, 15) is 40.2 Å². The van der Waals surface area contributed by atoms with Gasteiger partial charge in [0.2, 0.25) is 29.7 Å². The van der Waals surface area contributed by atoms with Crippen LogP contribution in [-0.4, -0.2) is 85.3 Å². The maximum atomic E-state index is 16.2. The van der Waals surface area contributed by atoms with Crippen molar-refractivity contribution in [1.82, 2.24) is 16.0 Å². The molecule has 17 bridgehead atoms. The minimum atomic E-state index is -1.90. The Morgan fingerprint density at radius 2 is 1.15 bits per heavy atom. The number of carbonyl (C=O) groups is 7. The lowest BCUT2D eigenvalue weighted by molar-refractivity contribution is -0.143. The average Bonchev–Trinajstić information content (AvgIpc) is 0.757. The first-order valence-electron chi connectivity index (χ1n) is 29.3. The monoisotopic (exact) mass is 1240 g/mol. The number of hydrogen-bond acceptors (Lipinski definition) is 19. The quantitative estimate of drug-likeness (QED) is 0.0737. The van der Waals surface area contributed by atoms with Gasteiger partial charge in [-0.2, -0.15) is 0 Å². The third-order valence-electron chi connectivity index (χ3n) is 17.9. The van der Waals surface area contributed by atoms with Crippen LogP contribution in [0, 0.1) is 54.4 Å². The number of aryl methyl sites for hydroxylation is 3. The van der Waals surface area contributed by atoms with Crippen molar-refractivity contribution in [3.63, 3.8) is 0 Å². The Bertz CT molecular complexity index is 4270. The molecule has 7 aromatic carbocycles. The maximum Gasteiger partial charge on any atom is 0.295 e. The van der Waals surface area contributed by atoms with Crippen LogP contribution in [0.15, 0.2) is 84.9 Å². The minimum absolute atomic E-state index is 0.00556. The van der Waals surface area contributed by atoms with E-state index in [0.717, 1.165) is 0 Å². The fourth-order valence-electron chi connectivity index (χ4n) is 12.7. The maximum absolute atomic E-state index is 16.2. The van der Waals surface area contributed by atoms with Crippen LogP contribution in [0.3, 0.4) is 0 Å². The zero-order valence-corrected chi connectivity index (χ0v) is 50.8. The molecule has 22 heteroatoms. The Kier molecular flexibility index (Phi) is 16.5. The van der Waals surface area contributed by atoms with Gasteiger partial charge in [-0.1, -0.05) is 30.3 Å². The fourth-order valence-corrected chi connectivity index (χ4v) is 12.7. The number of rotatable bonds is 3. The van der Waals surface area contributed by atoms with E-state index in [4.69, 9.17) is 29.4 Å². The number of ketones is 3. The van der Waals surface area contributed by atoms with Crippen LogP contribution >= 0.6 is 0 Å². The summed E-state index contributed by atoms with van der Waals surface area (Å²) >= 11 is 0. The summed E-state index contributed by atoms with van der Waals surface area (Å²) in [7, 11) is 1.29. The van der Waals surface area contributed by atoms with Gasteiger partial charge in [0, 0.05) is 58.6 Å². The predicted molar refractivity (Wildman–Crippen MR) is 327 cm³/mol. The largest absolute Gasteiger partial charge is 0.507 e. The summed E-state index contributed by atoms with van der Waals surface area (Å²) in [6, 6.07) is 15.4. The number of Topliss-reactive ketones (excluding diaryl/α,β-unsaturated/α-hetero) is 3. The Hall–Kier alpha value is -10.5. The van der Waals surface area contributed by atoms with E-state index in [0.29, 0.717) is 16.7 Å². The summed E-state index contributed by atoms with van der Waals surface area (Å²) in [5.74, 6) is -12.9. The summed E-state index contributed by atoms with van der Waals surface area (Å²) in [4.78, 5) is 105. The molecule has 0 aromatic heterocycles. The average molecular weight is 1240 g/mol. The molecule has 11 N–H and O–H groups in total. The summed E-state index contributed by atoms with van der Waals surface area (Å²) in [6.45, 7) is 10.9. The second-order valence-electron chi connectivity index (χ2n) is 23.7. The van der Waals surface area contributed by atoms with Gasteiger partial charge in [0.1, 0.15) is 58.1 Å². The highest BCUT2D eigenvalue weighted by Gasteiger charge is 2.42. The summed E-state index contributed by atoms with van der Waals surface area (Å²) in [6.07, 6.45) is -6.06. The molecule has 3 amide bonds. The molecule has 470 valence electrons. The highest BCUT2D eigenvalue weighted by molar-refractivity contribution is 6.01. The molecule has 0 fully saturated rings. The van der Waals surface area contributed by atoms with E-state index >= 15 is 24.0 Å². The SMILES string of the molecule is COc1c(C)c(O)c(C)c2c1-c1cc(cc(C)c1O)[C@@H]1CC(=O)[C@@H]3NC(=O)[C@H]4CC(=O)[C@@H](Cc5ccc(c(C)c5)Oc5cc3cc(c5O)Oc3ccc(cc3C)[C@@H](O)[C@H](CC1=O)C(=O)N[C@@H]2OC=O)NC(=O)[C@H](N)c1ccc(O)c(c1)Oc1cc4c(C)c(O)c1C. The van der Waals surface area contributed by atoms with Crippen LogP contribution in [-0.2, 0) is 44.7 Å². The molecule has 22 nitrogen and oxygen atoms in total. The number of aliphatic hydroxyl groups excluding tert-OH is 1. The molecular weight excluding hydrogens is 1170 g/mol. The number of carbonyl (C=O) groups excluding carboxylic acids is 7. The topological polar surface area (TPSA) is 349 Å². The molecule has 0 aliphatic carbocycles. The smallest absolute Gasteiger partial charge is 0.295 e. The molecule has 6 heterocycles. The van der Waals surface area contributed by atoms with Gasteiger partial charge < -0.3 is 76.0 Å². The Balaban J connectivity index is 1.18. The number of aromatic hydroxyl groups is 5. The molecule has 8 atom stereocenters. The molecule has 6 aliphatic heterocycles. The van der Waals surface area contributed by atoms with E-state index in [1.165, 1.54) is 108 Å². The van der Waals surface area contributed by atoms with Gasteiger partial charge in [0.05, 0.1) is 31.1 Å². The molecule has 6 aliphatic rings. The first kappa shape index (κ1) is 62.2. The van der Waals surface area contributed by atoms with E-state index in [2.05, 4.69) is 16.0 Å². The standard InChI is InChI=1S/C69H66N4O18/c1-28-15-35-9-13-50(28)89-54-21-39-22-55(64(54)83)90-51-14-11-37(16-29(51)2)63(82)44-25-47(76)41(38-17-30(3)60(79)43(19-38)57-56(69(88-27-74)73-67(44)85)33(6)62(81)34(7)65(57)87-8)23-49(78)59(39)72-66(84)42-24-48(77)45(18-35)71-68(86)58(70)36-10-12-46(75)53(20-36)91-52-26-40(42)31(4)61(80)32(52)5/h9-17,19-22,26-27,41-42,44-45,58-59,63,69,75,79-83H,18,23-25,70H2,1-8H3,(H,71,86)(H,72,84)(H,73,85)/t41-,42-,44-,45+,58+,59+,63+,69+/m0/s1. The minimum Gasteiger partial charge on any atom is -0.507 e. The lowest BCUT2D eigenvalue weighted by atomic mass is 9.78. The number of phenolic OH excluding ortho intramolecular Hbond substituents is 5. The molecule has 13 rings (SSSR count). The number of hydrogen-bond donors (Lipinski definition) is 10. The molecular formula is C69H66N4O18. The molecule has 0 saturated carbocycles. The number of aliphatic hydroxyl groups is 1. The van der Waals surface area contributed by atoms with Crippen LogP contribution in [0.2, 0.25) is 0 Å². The van der Waals surface area contributed by atoms with Gasteiger partial charge in [-0.05, 0) is 165 Å². The van der Waals surface area contributed by atoms with Gasteiger partial charge in [0.15, 0.2) is 34.6 Å². The van der Waals surface area contributed by atoms with E-state index in [-0.39, 0.29) is 148 Å². The second-order valence-corrected chi connectivity index (χ2v) is 23.7. The molecule has 0 radical (unpaired) electrons. The van der Waals surface area contributed by atoms with Crippen LogP contribution in [0.25, 0.3) is 11.1 Å². The number of nitrogens with two attached hydrogens (primary N) is 1. The van der Waals surface area contributed by atoms with Crippen molar-refractivity contribution in [2.75, 3.05) is 7.11 Å². The Labute approximate surface area is 521 Å². The van der Waals surface area contributed by atoms with E-state index in [1.807, 2.05) is 0 Å². The molecule has 7 aromatic rings. The highest BCUT2D eigenvalue weighted by atomic mass is 16.5. The first-order valence-corrected chi connectivity index (χ1v) is 29.3. The third kappa shape index (κ3) is 11.3.